The first-order valence-corrected chi connectivity index (χ1v) is 6.32. The van der Waals surface area contributed by atoms with Crippen LogP contribution in [0.5, 0.6) is 0 Å². The molecule has 0 N–H and O–H groups in total. The Kier molecular flexibility index (Phi) is 2.95. The minimum Gasteiger partial charge on any atom is -0.300 e. The van der Waals surface area contributed by atoms with Crippen LogP contribution in [0.3, 0.4) is 0 Å². The minimum atomic E-state index is 0.161. The van der Waals surface area contributed by atoms with Gasteiger partial charge in [0.2, 0.25) is 0 Å². The summed E-state index contributed by atoms with van der Waals surface area (Å²) in [6, 6.07) is 12.0. The zero-order valence-corrected chi connectivity index (χ0v) is 10.8. The van der Waals surface area contributed by atoms with Gasteiger partial charge in [-0.3, -0.25) is 14.8 Å². The SMILES string of the molecule is CC(=O)Cc1ccnc(C2=Nc3ccccc3C2)c1. The van der Waals surface area contributed by atoms with Gasteiger partial charge in [0.15, 0.2) is 0 Å². The van der Waals surface area contributed by atoms with Gasteiger partial charge in [-0.2, -0.15) is 0 Å². The fraction of sp³-hybridized carbons (Fsp3) is 0.188. The number of fused-ring (bicyclic) bond motifs is 1. The maximum absolute atomic E-state index is 11.2. The number of hydrogen-bond acceptors (Lipinski definition) is 3. The van der Waals surface area contributed by atoms with Crippen LogP contribution in [-0.2, 0) is 17.6 Å². The second-order valence-corrected chi connectivity index (χ2v) is 4.79. The van der Waals surface area contributed by atoms with Gasteiger partial charge in [-0.15, -0.1) is 0 Å². The van der Waals surface area contributed by atoms with E-state index in [4.69, 9.17) is 0 Å². The Morgan fingerprint density at radius 1 is 1.26 bits per heavy atom. The Morgan fingerprint density at radius 3 is 2.89 bits per heavy atom. The predicted octanol–water partition coefficient (Wildman–Crippen LogP) is 2.89. The first-order valence-electron chi connectivity index (χ1n) is 6.32. The number of carbonyl (C=O) groups is 1. The van der Waals surface area contributed by atoms with E-state index in [0.717, 1.165) is 29.1 Å². The summed E-state index contributed by atoms with van der Waals surface area (Å²) in [4.78, 5) is 20.2. The summed E-state index contributed by atoms with van der Waals surface area (Å²) in [6.45, 7) is 1.60. The normalized spacial score (nSPS) is 13.0. The number of rotatable bonds is 3. The maximum Gasteiger partial charge on any atom is 0.134 e. The molecule has 3 heteroatoms. The van der Waals surface area contributed by atoms with Crippen LogP contribution in [0.1, 0.15) is 23.7 Å². The molecule has 1 aromatic heterocycles. The molecule has 1 aliphatic rings. The molecule has 0 spiro atoms. The molecule has 1 aromatic carbocycles. The van der Waals surface area contributed by atoms with Crippen molar-refractivity contribution >= 4 is 17.2 Å². The highest BCUT2D eigenvalue weighted by molar-refractivity contribution is 6.05. The van der Waals surface area contributed by atoms with Gasteiger partial charge in [-0.05, 0) is 36.2 Å². The molecule has 0 aliphatic carbocycles. The van der Waals surface area contributed by atoms with Crippen LogP contribution in [0, 0.1) is 0 Å². The third kappa shape index (κ3) is 2.45. The molecule has 0 radical (unpaired) electrons. The largest absolute Gasteiger partial charge is 0.300 e. The summed E-state index contributed by atoms with van der Waals surface area (Å²) in [7, 11) is 0. The second kappa shape index (κ2) is 4.76. The van der Waals surface area contributed by atoms with Crippen LogP contribution in [0.4, 0.5) is 5.69 Å². The highest BCUT2D eigenvalue weighted by atomic mass is 16.1. The number of aliphatic imine (C=N–C) groups is 1. The monoisotopic (exact) mass is 250 g/mol. The van der Waals surface area contributed by atoms with Crippen molar-refractivity contribution in [3.8, 4) is 0 Å². The molecule has 0 unspecified atom stereocenters. The van der Waals surface area contributed by atoms with Crippen molar-refractivity contribution in [3.63, 3.8) is 0 Å². The molecule has 0 atom stereocenters. The number of Topliss-reactive ketones (excluding diaryl/α,β-unsaturated/α-hetero) is 1. The van der Waals surface area contributed by atoms with E-state index in [2.05, 4.69) is 16.0 Å². The number of aromatic nitrogens is 1. The topological polar surface area (TPSA) is 42.3 Å². The summed E-state index contributed by atoms with van der Waals surface area (Å²) in [5.41, 5.74) is 5.10. The summed E-state index contributed by atoms with van der Waals surface area (Å²) in [6.07, 6.45) is 3.02. The van der Waals surface area contributed by atoms with E-state index >= 15 is 0 Å². The zero-order chi connectivity index (χ0) is 13.2. The third-order valence-corrected chi connectivity index (χ3v) is 3.18. The Balaban J connectivity index is 1.91. The molecule has 94 valence electrons. The molecule has 0 fully saturated rings. The van der Waals surface area contributed by atoms with E-state index < -0.39 is 0 Å². The van der Waals surface area contributed by atoms with Gasteiger partial charge in [0, 0.05) is 19.0 Å². The van der Waals surface area contributed by atoms with Crippen LogP contribution >= 0.6 is 0 Å². The van der Waals surface area contributed by atoms with Gasteiger partial charge < -0.3 is 0 Å². The first kappa shape index (κ1) is 11.8. The lowest BCUT2D eigenvalue weighted by molar-refractivity contribution is -0.116. The summed E-state index contributed by atoms with van der Waals surface area (Å²) in [5, 5.41) is 0. The molecule has 0 amide bonds. The van der Waals surface area contributed by atoms with Crippen LogP contribution in [0.2, 0.25) is 0 Å². The molecule has 0 bridgehead atoms. The molecule has 2 aromatic rings. The highest BCUT2D eigenvalue weighted by Gasteiger charge is 2.16. The van der Waals surface area contributed by atoms with Gasteiger partial charge in [0.05, 0.1) is 17.1 Å². The number of benzene rings is 1. The van der Waals surface area contributed by atoms with E-state index in [1.165, 1.54) is 5.56 Å². The van der Waals surface area contributed by atoms with Gasteiger partial charge in [-0.1, -0.05) is 18.2 Å². The third-order valence-electron chi connectivity index (χ3n) is 3.18. The lowest BCUT2D eigenvalue weighted by Crippen LogP contribution is -2.05. The number of hydrogen-bond donors (Lipinski definition) is 0. The summed E-state index contributed by atoms with van der Waals surface area (Å²) >= 11 is 0. The summed E-state index contributed by atoms with van der Waals surface area (Å²) in [5.74, 6) is 0.161. The quantitative estimate of drug-likeness (QED) is 0.840. The van der Waals surface area contributed by atoms with Crippen LogP contribution in [0.25, 0.3) is 0 Å². The lowest BCUT2D eigenvalue weighted by Gasteiger charge is -2.02. The smallest absolute Gasteiger partial charge is 0.134 e. The van der Waals surface area contributed by atoms with E-state index in [1.807, 2.05) is 30.3 Å². The lowest BCUT2D eigenvalue weighted by atomic mass is 10.1. The van der Waals surface area contributed by atoms with Crippen molar-refractivity contribution < 1.29 is 4.79 Å². The molecule has 19 heavy (non-hydrogen) atoms. The molecule has 3 nitrogen and oxygen atoms in total. The minimum absolute atomic E-state index is 0.161. The van der Waals surface area contributed by atoms with E-state index in [0.29, 0.717) is 6.42 Å². The Labute approximate surface area is 112 Å². The van der Waals surface area contributed by atoms with Crippen LogP contribution < -0.4 is 0 Å². The standard InChI is InChI=1S/C16H14N2O/c1-11(19)8-12-6-7-17-15(9-12)16-10-13-4-2-3-5-14(13)18-16/h2-7,9H,8,10H2,1H3. The number of para-hydroxylation sites is 1. The van der Waals surface area contributed by atoms with Crippen molar-refractivity contribution in [3.05, 3.63) is 59.4 Å². The van der Waals surface area contributed by atoms with Gasteiger partial charge in [0.1, 0.15) is 5.78 Å². The van der Waals surface area contributed by atoms with Crippen molar-refractivity contribution in [1.29, 1.82) is 0 Å². The summed E-state index contributed by atoms with van der Waals surface area (Å²) < 4.78 is 0. The fourth-order valence-corrected chi connectivity index (χ4v) is 2.31. The molecule has 2 heterocycles. The molecular formula is C16H14N2O. The number of pyridine rings is 1. The Bertz CT molecular complexity index is 674. The number of carbonyl (C=O) groups excluding carboxylic acids is 1. The fourth-order valence-electron chi connectivity index (χ4n) is 2.31. The van der Waals surface area contributed by atoms with E-state index in [9.17, 15) is 4.79 Å². The number of nitrogens with zero attached hydrogens (tertiary/aromatic N) is 2. The number of ketones is 1. The molecule has 1 aliphatic heterocycles. The Morgan fingerprint density at radius 2 is 2.11 bits per heavy atom. The van der Waals surface area contributed by atoms with Crippen LogP contribution in [0.15, 0.2) is 47.6 Å². The van der Waals surface area contributed by atoms with Crippen molar-refractivity contribution in [2.45, 2.75) is 19.8 Å². The average Bonchev–Trinajstić information content (AvgIpc) is 2.82. The Hall–Kier alpha value is -2.29. The van der Waals surface area contributed by atoms with Crippen molar-refractivity contribution in [2.75, 3.05) is 0 Å². The van der Waals surface area contributed by atoms with Gasteiger partial charge >= 0.3 is 0 Å². The van der Waals surface area contributed by atoms with Crippen LogP contribution in [-0.4, -0.2) is 16.5 Å². The van der Waals surface area contributed by atoms with Crippen molar-refractivity contribution in [2.24, 2.45) is 4.99 Å². The molecule has 3 rings (SSSR count). The molecule has 0 saturated heterocycles. The van der Waals surface area contributed by atoms with E-state index in [1.54, 1.807) is 13.1 Å². The first-order chi connectivity index (χ1) is 9.22. The average molecular weight is 250 g/mol. The van der Waals surface area contributed by atoms with Gasteiger partial charge in [0.25, 0.3) is 0 Å². The maximum atomic E-state index is 11.2. The molecular weight excluding hydrogens is 236 g/mol. The van der Waals surface area contributed by atoms with Gasteiger partial charge in [-0.25, -0.2) is 0 Å². The molecule has 0 saturated carbocycles. The van der Waals surface area contributed by atoms with Crippen molar-refractivity contribution in [1.82, 2.24) is 4.98 Å². The second-order valence-electron chi connectivity index (χ2n) is 4.79. The zero-order valence-electron chi connectivity index (χ0n) is 10.8. The predicted molar refractivity (Wildman–Crippen MR) is 75.0 cm³/mol. The highest BCUT2D eigenvalue weighted by Crippen LogP contribution is 2.27. The van der Waals surface area contributed by atoms with E-state index in [-0.39, 0.29) is 5.78 Å².